The second-order valence-corrected chi connectivity index (χ2v) is 0. The van der Waals surface area contributed by atoms with E-state index < -0.39 is 0 Å². The Morgan fingerprint density at radius 1 is 1.50 bits per heavy atom. The zero-order valence-corrected chi connectivity index (χ0v) is 9.68. The van der Waals surface area contributed by atoms with Crippen molar-refractivity contribution in [3.63, 3.8) is 0 Å². The molecule has 0 aromatic carbocycles. The summed E-state index contributed by atoms with van der Waals surface area (Å²) in [6, 6.07) is 0. The molecule has 0 aromatic heterocycles. The molecule has 0 aliphatic heterocycles. The predicted octanol–water partition coefficient (Wildman–Crippen LogP) is -3.39. The van der Waals surface area contributed by atoms with Crippen LogP contribution in [0.25, 0.3) is 0 Å². The van der Waals surface area contributed by atoms with Crippen molar-refractivity contribution in [3.8, 4) is 0 Å². The van der Waals surface area contributed by atoms with Crippen molar-refractivity contribution in [1.29, 1.82) is 0 Å². The number of rotatable bonds is 0. The Labute approximate surface area is 69.9 Å². The van der Waals surface area contributed by atoms with E-state index in [0.29, 0.717) is 0 Å². The quantitative estimate of drug-likeness (QED) is 0.353. The van der Waals surface area contributed by atoms with E-state index in [2.05, 4.69) is 0 Å². The first kappa shape index (κ1) is 16.7. The molecule has 0 rings (SSSR count). The minimum absolute atomic E-state index is 0. The van der Waals surface area contributed by atoms with Crippen molar-refractivity contribution in [2.24, 2.45) is 0 Å². The summed E-state index contributed by atoms with van der Waals surface area (Å²) in [7, 11) is 0. The topological polar surface area (TPSA) is 17.1 Å². The Kier molecular flexibility index (Phi) is 84.5. The summed E-state index contributed by atoms with van der Waals surface area (Å²) < 4.78 is 8.25. The smallest absolute Gasteiger partial charge is 0 e. The Hall–Kier alpha value is 1.97. The molecule has 0 aromatic rings. The summed E-state index contributed by atoms with van der Waals surface area (Å²) in [4.78, 5) is 0. The van der Waals surface area contributed by atoms with Gasteiger partial charge in [0.25, 0.3) is 0 Å². The van der Waals surface area contributed by atoms with E-state index in [1.807, 2.05) is 0 Å². The molecule has 14 valence electrons. The third kappa shape index (κ3) is 9.03. The van der Waals surface area contributed by atoms with Gasteiger partial charge in [-0.15, -0.1) is 0 Å². The monoisotopic (exact) mass is 178 g/mol. The summed E-state index contributed by atoms with van der Waals surface area (Å²) in [5.41, 5.74) is 0. The van der Waals surface area contributed by atoms with E-state index >= 15 is 0 Å². The van der Waals surface area contributed by atoms with Crippen LogP contribution < -0.4 is 29.6 Å². The van der Waals surface area contributed by atoms with Crippen LogP contribution in [0.2, 0.25) is 0 Å². The zero-order valence-electron chi connectivity index (χ0n) is 3.62. The molecule has 4 heavy (non-hydrogen) atoms. The summed E-state index contributed by atoms with van der Waals surface area (Å²) in [6.07, 6.45) is 0. The van der Waals surface area contributed by atoms with Crippen molar-refractivity contribution in [2.75, 3.05) is 0 Å². The molecule has 0 spiro atoms. The van der Waals surface area contributed by atoms with Crippen molar-refractivity contribution < 1.29 is 54.2 Å². The molecule has 0 atom stereocenters. The van der Waals surface area contributed by atoms with Gasteiger partial charge in [-0.05, 0) is 0 Å². The van der Waals surface area contributed by atoms with Gasteiger partial charge in [-0.2, -0.15) is 0 Å². The number of hydrogen-bond donors (Lipinski definition) is 0. The van der Waals surface area contributed by atoms with Gasteiger partial charge in [-0.1, -0.05) is 0 Å². The van der Waals surface area contributed by atoms with Crippen molar-refractivity contribution >= 4 is 16.5 Å². The molecule has 0 N–H and O–H groups in total. The third-order valence-electron chi connectivity index (χ3n) is 0. The maximum atomic E-state index is 8.25. The number of hydrogen-bond acceptors (Lipinski definition) is 1. The fourth-order valence-electron chi connectivity index (χ4n) is 0. The maximum Gasteiger partial charge on any atom is 0 e. The van der Waals surface area contributed by atoms with Gasteiger partial charge in [0.1, 0.15) is 0 Å². The van der Waals surface area contributed by atoms with Crippen LogP contribution in [0, 0.1) is 0 Å². The standard InChI is InChI=1S/GeO.Na.Zn.H/c1-2;;;/q;+1;;-1. The zero-order chi connectivity index (χ0) is 2.00. The van der Waals surface area contributed by atoms with E-state index in [1.54, 1.807) is 0 Å². The van der Waals surface area contributed by atoms with Crippen LogP contribution in [0.1, 0.15) is 1.43 Å². The average molecular weight is 178 g/mol. The second-order valence-electron chi connectivity index (χ2n) is 0. The summed E-state index contributed by atoms with van der Waals surface area (Å²) in [6.45, 7) is 0. The fraction of sp³-hybridized carbons (Fsp3) is 0. The summed E-state index contributed by atoms with van der Waals surface area (Å²) in [5, 5.41) is 0. The Morgan fingerprint density at radius 3 is 1.50 bits per heavy atom. The minimum Gasteiger partial charge on any atom is 0 e. The normalized spacial score (nSPS) is 1.00. The van der Waals surface area contributed by atoms with Gasteiger partial charge in [0, 0.05) is 19.5 Å². The Morgan fingerprint density at radius 2 is 1.50 bits per heavy atom. The van der Waals surface area contributed by atoms with Crippen LogP contribution in [0.4, 0.5) is 0 Å². The van der Waals surface area contributed by atoms with Crippen LogP contribution in [-0.2, 0) is 23.3 Å². The first-order chi connectivity index (χ1) is 1.00. The van der Waals surface area contributed by atoms with E-state index in [0.717, 1.165) is 16.5 Å². The largest absolute Gasteiger partial charge is 0 e. The molecule has 0 saturated carbocycles. The van der Waals surface area contributed by atoms with Crippen LogP contribution in [0.5, 0.6) is 0 Å². The molecule has 0 aliphatic rings. The van der Waals surface area contributed by atoms with Crippen molar-refractivity contribution in [2.45, 2.75) is 0 Å². The van der Waals surface area contributed by atoms with Crippen LogP contribution >= 0.6 is 0 Å². The summed E-state index contributed by atoms with van der Waals surface area (Å²) in [5.74, 6) is 0. The molecule has 0 heterocycles. The molecule has 4 heteroatoms. The average Bonchev–Trinajstić information content (AvgIpc) is 1.00. The Bertz CT molecular complexity index is 11.6. The molecular formula is HGeNaOZn. The van der Waals surface area contributed by atoms with Crippen molar-refractivity contribution in [1.82, 2.24) is 0 Å². The predicted molar refractivity (Wildman–Crippen MR) is 7.55 cm³/mol. The van der Waals surface area contributed by atoms with E-state index in [4.69, 9.17) is 3.78 Å². The molecule has 0 bridgehead atoms. The Balaban J connectivity index is -0.00000000167. The molecule has 2 radical (unpaired) electrons. The molecular weight excluding hydrogens is 177 g/mol. The molecule has 0 unspecified atom stereocenters. The van der Waals surface area contributed by atoms with Gasteiger partial charge in [0.05, 0.1) is 0 Å². The van der Waals surface area contributed by atoms with Crippen molar-refractivity contribution in [3.05, 3.63) is 0 Å². The molecule has 1 nitrogen and oxygen atoms in total. The first-order valence-electron chi connectivity index (χ1n) is 0.204. The van der Waals surface area contributed by atoms with Gasteiger partial charge >= 0.3 is 49.8 Å². The van der Waals surface area contributed by atoms with Gasteiger partial charge in [0.15, 0.2) is 0 Å². The van der Waals surface area contributed by atoms with E-state index in [-0.39, 0.29) is 50.5 Å². The summed E-state index contributed by atoms with van der Waals surface area (Å²) >= 11 is 0.750. The van der Waals surface area contributed by atoms with E-state index in [9.17, 15) is 0 Å². The van der Waals surface area contributed by atoms with Crippen LogP contribution in [0.15, 0.2) is 0 Å². The molecule has 0 aliphatic carbocycles. The molecule has 0 amide bonds. The molecule has 0 fully saturated rings. The molecule has 0 saturated heterocycles. The van der Waals surface area contributed by atoms with Gasteiger partial charge in [-0.3, -0.25) is 0 Å². The van der Waals surface area contributed by atoms with Gasteiger partial charge < -0.3 is 1.43 Å². The van der Waals surface area contributed by atoms with Gasteiger partial charge in [-0.25, -0.2) is 0 Å². The second kappa shape index (κ2) is 20.2. The first-order valence-corrected chi connectivity index (χ1v) is 1.06. The van der Waals surface area contributed by atoms with E-state index in [1.165, 1.54) is 0 Å². The van der Waals surface area contributed by atoms with Crippen LogP contribution in [0.3, 0.4) is 0 Å². The maximum absolute atomic E-state index is 8.25. The van der Waals surface area contributed by atoms with Gasteiger partial charge in [0.2, 0.25) is 0 Å². The third-order valence-corrected chi connectivity index (χ3v) is 0. The fourth-order valence-corrected chi connectivity index (χ4v) is 0. The van der Waals surface area contributed by atoms with Crippen LogP contribution in [-0.4, -0.2) is 16.5 Å². The minimum atomic E-state index is 0. The SMILES string of the molecule is [H-].[Na+].[O]=[Ge].[Zn].